The van der Waals surface area contributed by atoms with Gasteiger partial charge in [-0.15, -0.1) is 0 Å². The van der Waals surface area contributed by atoms with E-state index >= 15 is 0 Å². The minimum absolute atomic E-state index is 0.273. The maximum absolute atomic E-state index is 14.5. The summed E-state index contributed by atoms with van der Waals surface area (Å²) in [5.74, 6) is -0.246. The number of nitrogens with zero attached hydrogens (tertiary/aromatic N) is 6. The van der Waals surface area contributed by atoms with Crippen LogP contribution in [0, 0.1) is 12.7 Å². The van der Waals surface area contributed by atoms with Gasteiger partial charge in [0.25, 0.3) is 5.91 Å². The van der Waals surface area contributed by atoms with Gasteiger partial charge in [0.05, 0.1) is 11.1 Å². The number of hydrogen-bond donors (Lipinski definition) is 1. The monoisotopic (exact) mass is 461 g/mol. The first kappa shape index (κ1) is 22.2. The molecule has 1 N–H and O–H groups in total. The van der Waals surface area contributed by atoms with Crippen LogP contribution in [0.15, 0.2) is 36.7 Å². The first-order valence-corrected chi connectivity index (χ1v) is 11.4. The maximum atomic E-state index is 14.5. The number of hydrogen-bond acceptors (Lipinski definition) is 6. The van der Waals surface area contributed by atoms with E-state index in [9.17, 15) is 9.18 Å². The second-order valence-electron chi connectivity index (χ2n) is 9.23. The van der Waals surface area contributed by atoms with Crippen LogP contribution in [0.25, 0.3) is 21.8 Å². The van der Waals surface area contributed by atoms with Gasteiger partial charge in [0.2, 0.25) is 0 Å². The molecule has 3 heterocycles. The molecule has 1 saturated heterocycles. The fourth-order valence-corrected chi connectivity index (χ4v) is 4.74. The third kappa shape index (κ3) is 3.86. The summed E-state index contributed by atoms with van der Waals surface area (Å²) in [5, 5.41) is 8.40. The van der Waals surface area contributed by atoms with Gasteiger partial charge in [0.15, 0.2) is 5.82 Å². The molecule has 0 unspecified atom stereocenters. The number of nitrogens with one attached hydrogen (secondary N) is 1. The maximum Gasteiger partial charge on any atom is 0.257 e. The van der Waals surface area contributed by atoms with Crippen molar-refractivity contribution in [3.8, 4) is 0 Å². The first-order chi connectivity index (χ1) is 16.2. The summed E-state index contributed by atoms with van der Waals surface area (Å²) < 4.78 is 16.1. The van der Waals surface area contributed by atoms with Crippen LogP contribution >= 0.6 is 0 Å². The molecule has 8 nitrogen and oxygen atoms in total. The number of fused-ring (bicyclic) bond motifs is 2. The summed E-state index contributed by atoms with van der Waals surface area (Å²) >= 11 is 0. The minimum atomic E-state index is -0.481. The van der Waals surface area contributed by atoms with Crippen molar-refractivity contribution in [1.82, 2.24) is 24.6 Å². The second-order valence-corrected chi connectivity index (χ2v) is 9.23. The normalized spacial score (nSPS) is 19.2. The van der Waals surface area contributed by atoms with E-state index in [1.807, 2.05) is 6.07 Å². The Labute approximate surface area is 197 Å². The molecule has 2 aromatic heterocycles. The number of anilines is 2. The Bertz CT molecular complexity index is 1400. The van der Waals surface area contributed by atoms with Gasteiger partial charge >= 0.3 is 0 Å². The number of aryl methyl sites for hydroxylation is 2. The number of carbonyl (C=O) groups is 1. The summed E-state index contributed by atoms with van der Waals surface area (Å²) in [4.78, 5) is 27.0. The van der Waals surface area contributed by atoms with Crippen molar-refractivity contribution in [3.63, 3.8) is 0 Å². The molecular weight excluding hydrogens is 433 g/mol. The highest BCUT2D eigenvalue weighted by molar-refractivity contribution is 6.14. The Morgan fingerprint density at radius 3 is 2.59 bits per heavy atom. The zero-order valence-corrected chi connectivity index (χ0v) is 20.0. The second kappa shape index (κ2) is 8.32. The van der Waals surface area contributed by atoms with Crippen molar-refractivity contribution in [2.45, 2.75) is 32.9 Å². The predicted octanol–water partition coefficient (Wildman–Crippen LogP) is 3.75. The lowest BCUT2D eigenvalue weighted by Gasteiger charge is -2.43. The molecule has 1 fully saturated rings. The fraction of sp³-hybridized carbons (Fsp3) is 0.360. The largest absolute Gasteiger partial charge is 0.368 e. The molecule has 34 heavy (non-hydrogen) atoms. The van der Waals surface area contributed by atoms with E-state index in [4.69, 9.17) is 0 Å². The van der Waals surface area contributed by atoms with Gasteiger partial charge in [0.1, 0.15) is 11.3 Å². The van der Waals surface area contributed by atoms with Crippen molar-refractivity contribution in [1.29, 1.82) is 0 Å². The molecule has 1 aliphatic rings. The van der Waals surface area contributed by atoms with E-state index in [1.165, 1.54) is 6.07 Å². The van der Waals surface area contributed by atoms with Crippen molar-refractivity contribution < 1.29 is 9.18 Å². The molecule has 0 radical (unpaired) electrons. The predicted molar refractivity (Wildman–Crippen MR) is 132 cm³/mol. The fourth-order valence-electron chi connectivity index (χ4n) is 4.74. The molecule has 5 rings (SSSR count). The SMILES string of the molecule is Cc1ncc2c(N3C[C@H](C)N(C)[C@@H](C)C3)ccc(C(=O)Nc3cc(F)c4nn(C)cc4c3)c2n1. The minimum Gasteiger partial charge on any atom is -0.368 e. The van der Waals surface area contributed by atoms with Gasteiger partial charge in [0, 0.05) is 66.8 Å². The van der Waals surface area contributed by atoms with Crippen molar-refractivity contribution in [2.24, 2.45) is 7.05 Å². The van der Waals surface area contributed by atoms with E-state index in [1.54, 1.807) is 43.2 Å². The number of rotatable bonds is 3. The van der Waals surface area contributed by atoms with E-state index in [-0.39, 0.29) is 11.4 Å². The quantitative estimate of drug-likeness (QED) is 0.501. The molecule has 4 aromatic rings. The molecule has 2 aromatic carbocycles. The lowest BCUT2D eigenvalue weighted by molar-refractivity contribution is 0.102. The Morgan fingerprint density at radius 1 is 1.12 bits per heavy atom. The topological polar surface area (TPSA) is 79.2 Å². The molecule has 0 aliphatic carbocycles. The van der Waals surface area contributed by atoms with Crippen molar-refractivity contribution >= 4 is 39.1 Å². The number of piperazine rings is 1. The molecule has 1 amide bonds. The van der Waals surface area contributed by atoms with Gasteiger partial charge < -0.3 is 10.2 Å². The molecular formula is C25H28FN7O. The third-order valence-electron chi connectivity index (χ3n) is 6.73. The summed E-state index contributed by atoms with van der Waals surface area (Å²) in [6.07, 6.45) is 3.51. The standard InChI is InChI=1S/C25H28FN7O/c1-14-11-33(12-15(2)32(14)5)22-7-6-19(24-20(22)10-27-16(3)28-24)25(34)29-18-8-17-13-31(4)30-23(17)21(26)9-18/h6-10,13-15H,11-12H2,1-5H3,(H,29,34)/t14-,15-/m0/s1. The van der Waals surface area contributed by atoms with E-state index in [0.717, 1.165) is 24.2 Å². The molecule has 176 valence electrons. The average molecular weight is 462 g/mol. The van der Waals surface area contributed by atoms with Crippen LogP contribution in [0.1, 0.15) is 30.0 Å². The van der Waals surface area contributed by atoms with E-state index in [0.29, 0.717) is 40.1 Å². The molecule has 0 saturated carbocycles. The third-order valence-corrected chi connectivity index (χ3v) is 6.73. The summed E-state index contributed by atoms with van der Waals surface area (Å²) in [5.41, 5.74) is 2.67. The zero-order chi connectivity index (χ0) is 24.1. The van der Waals surface area contributed by atoms with Crippen LogP contribution in [0.5, 0.6) is 0 Å². The average Bonchev–Trinajstić information content (AvgIpc) is 3.17. The number of benzene rings is 2. The Balaban J connectivity index is 1.52. The zero-order valence-electron chi connectivity index (χ0n) is 20.0. The lowest BCUT2D eigenvalue weighted by Crippen LogP contribution is -2.55. The van der Waals surface area contributed by atoms with Crippen LogP contribution < -0.4 is 10.2 Å². The number of amides is 1. The number of likely N-dealkylation sites (N-methyl/N-ethyl adjacent to an activating group) is 1. The van der Waals surface area contributed by atoms with E-state index in [2.05, 4.69) is 51.1 Å². The van der Waals surface area contributed by atoms with Crippen LogP contribution in [0.3, 0.4) is 0 Å². The molecule has 9 heteroatoms. The number of halogens is 1. The molecule has 2 atom stereocenters. The number of carbonyl (C=O) groups excluding carboxylic acids is 1. The summed E-state index contributed by atoms with van der Waals surface area (Å²) in [7, 11) is 3.88. The summed E-state index contributed by atoms with van der Waals surface area (Å²) in [6.45, 7) is 7.98. The van der Waals surface area contributed by atoms with Crippen LogP contribution in [0.4, 0.5) is 15.8 Å². The van der Waals surface area contributed by atoms with Gasteiger partial charge in [-0.1, -0.05) is 0 Å². The van der Waals surface area contributed by atoms with Crippen molar-refractivity contribution in [2.75, 3.05) is 30.4 Å². The van der Waals surface area contributed by atoms with Crippen molar-refractivity contribution in [3.05, 3.63) is 53.9 Å². The molecule has 0 bridgehead atoms. The van der Waals surface area contributed by atoms with Crippen LogP contribution in [-0.2, 0) is 7.05 Å². The van der Waals surface area contributed by atoms with Gasteiger partial charge in [-0.25, -0.2) is 14.4 Å². The number of aromatic nitrogens is 4. The van der Waals surface area contributed by atoms with Crippen LogP contribution in [0.2, 0.25) is 0 Å². The summed E-state index contributed by atoms with van der Waals surface area (Å²) in [6, 6.07) is 7.55. The molecule has 1 aliphatic heterocycles. The highest BCUT2D eigenvalue weighted by Crippen LogP contribution is 2.31. The lowest BCUT2D eigenvalue weighted by atomic mass is 10.0. The Morgan fingerprint density at radius 2 is 1.85 bits per heavy atom. The smallest absolute Gasteiger partial charge is 0.257 e. The van der Waals surface area contributed by atoms with Gasteiger partial charge in [-0.2, -0.15) is 5.10 Å². The van der Waals surface area contributed by atoms with E-state index < -0.39 is 5.82 Å². The molecule has 0 spiro atoms. The van der Waals surface area contributed by atoms with Crippen LogP contribution in [-0.4, -0.2) is 62.8 Å². The highest BCUT2D eigenvalue weighted by atomic mass is 19.1. The van der Waals surface area contributed by atoms with Gasteiger partial charge in [-0.3, -0.25) is 14.4 Å². The van der Waals surface area contributed by atoms with Gasteiger partial charge in [-0.05, 0) is 52.1 Å². The first-order valence-electron chi connectivity index (χ1n) is 11.4. The highest BCUT2D eigenvalue weighted by Gasteiger charge is 2.28. The Hall–Kier alpha value is -3.59. The Kier molecular flexibility index (Phi) is 5.44.